The van der Waals surface area contributed by atoms with E-state index in [0.29, 0.717) is 19.6 Å². The number of amides is 3. The Morgan fingerprint density at radius 3 is 2.46 bits per heavy atom. The number of likely N-dealkylation sites (tertiary alicyclic amines) is 1. The lowest BCUT2D eigenvalue weighted by molar-refractivity contribution is -0.134. The van der Waals surface area contributed by atoms with Gasteiger partial charge in [0.2, 0.25) is 5.91 Å². The fraction of sp³-hybridized carbons (Fsp3) is 0.579. The van der Waals surface area contributed by atoms with Crippen LogP contribution in [0.1, 0.15) is 25.3 Å². The number of piperazine rings is 1. The number of hydrogen-bond acceptors (Lipinski definition) is 3. The molecule has 0 bridgehead atoms. The molecule has 142 valence electrons. The Morgan fingerprint density at radius 2 is 1.85 bits per heavy atom. The first-order valence-electron chi connectivity index (χ1n) is 9.35. The molecule has 2 fully saturated rings. The van der Waals surface area contributed by atoms with Gasteiger partial charge >= 0.3 is 6.03 Å². The van der Waals surface area contributed by atoms with Crippen molar-refractivity contribution < 1.29 is 14.0 Å². The minimum Gasteiger partial charge on any atom is -0.340 e. The van der Waals surface area contributed by atoms with Gasteiger partial charge in [0, 0.05) is 45.3 Å². The van der Waals surface area contributed by atoms with Crippen molar-refractivity contribution in [3.05, 3.63) is 35.6 Å². The molecule has 6 nitrogen and oxygen atoms in total. The number of piperidine rings is 1. The summed E-state index contributed by atoms with van der Waals surface area (Å²) in [5.74, 6) is -0.198. The number of likely N-dealkylation sites (N-methyl/N-ethyl adjacent to an activating group) is 1. The molecule has 3 amide bonds. The number of carbonyl (C=O) groups excluding carboxylic acids is 2. The van der Waals surface area contributed by atoms with E-state index in [1.807, 2.05) is 19.1 Å². The van der Waals surface area contributed by atoms with Crippen molar-refractivity contribution in [1.82, 2.24) is 20.0 Å². The molecule has 2 aliphatic heterocycles. The van der Waals surface area contributed by atoms with E-state index >= 15 is 0 Å². The topological polar surface area (TPSA) is 55.9 Å². The highest BCUT2D eigenvalue weighted by Gasteiger charge is 2.28. The second kappa shape index (κ2) is 8.49. The minimum absolute atomic E-state index is 0.0167. The number of halogens is 1. The van der Waals surface area contributed by atoms with E-state index in [9.17, 15) is 14.0 Å². The zero-order chi connectivity index (χ0) is 18.5. The maximum atomic E-state index is 13.0. The summed E-state index contributed by atoms with van der Waals surface area (Å²) in [7, 11) is 0. The van der Waals surface area contributed by atoms with E-state index in [1.165, 1.54) is 12.1 Å². The summed E-state index contributed by atoms with van der Waals surface area (Å²) in [6, 6.07) is 6.62. The van der Waals surface area contributed by atoms with E-state index in [1.54, 1.807) is 9.80 Å². The smallest absolute Gasteiger partial charge is 0.318 e. The molecular weight excluding hydrogens is 335 g/mol. The number of urea groups is 1. The Morgan fingerprint density at radius 1 is 1.15 bits per heavy atom. The van der Waals surface area contributed by atoms with Gasteiger partial charge in [-0.05, 0) is 37.5 Å². The van der Waals surface area contributed by atoms with Crippen LogP contribution in [0.25, 0.3) is 0 Å². The monoisotopic (exact) mass is 362 g/mol. The third-order valence-electron chi connectivity index (χ3n) is 5.22. The van der Waals surface area contributed by atoms with Crippen molar-refractivity contribution in [3.8, 4) is 0 Å². The highest BCUT2D eigenvalue weighted by atomic mass is 19.1. The van der Waals surface area contributed by atoms with Crippen LogP contribution >= 0.6 is 0 Å². The lowest BCUT2D eigenvalue weighted by Gasteiger charge is -2.36. The first-order valence-corrected chi connectivity index (χ1v) is 9.35. The average Bonchev–Trinajstić information content (AvgIpc) is 2.65. The number of rotatable bonds is 4. The third kappa shape index (κ3) is 4.72. The Hall–Kier alpha value is -2.15. The second-order valence-electron chi connectivity index (χ2n) is 7.02. The van der Waals surface area contributed by atoms with Crippen LogP contribution < -0.4 is 5.32 Å². The molecule has 2 saturated heterocycles. The van der Waals surface area contributed by atoms with Crippen LogP contribution in [0.15, 0.2) is 24.3 Å². The standard InChI is InChI=1S/C19H27FN4O2/c1-2-23-11-12-24(14-18(23)25)19(26)21-17-7-9-22(10-8-17)13-15-3-5-16(20)6-4-15/h3-6,17H,2,7-14H2,1H3,(H,21,26). The molecule has 0 atom stereocenters. The Bertz CT molecular complexity index is 629. The van der Waals surface area contributed by atoms with Gasteiger partial charge in [-0.2, -0.15) is 0 Å². The highest BCUT2D eigenvalue weighted by molar-refractivity contribution is 5.85. The third-order valence-corrected chi connectivity index (χ3v) is 5.22. The van der Waals surface area contributed by atoms with Crippen LogP contribution in [0.4, 0.5) is 9.18 Å². The Kier molecular flexibility index (Phi) is 6.08. The van der Waals surface area contributed by atoms with Gasteiger partial charge in [0.15, 0.2) is 0 Å². The summed E-state index contributed by atoms with van der Waals surface area (Å²) in [5, 5.41) is 3.07. The molecule has 0 radical (unpaired) electrons. The molecule has 1 aromatic carbocycles. The predicted octanol–water partition coefficient (Wildman–Crippen LogP) is 1.66. The second-order valence-corrected chi connectivity index (χ2v) is 7.02. The van der Waals surface area contributed by atoms with Crippen LogP contribution in [0.3, 0.4) is 0 Å². The number of benzene rings is 1. The van der Waals surface area contributed by atoms with Crippen LogP contribution in [-0.2, 0) is 11.3 Å². The van der Waals surface area contributed by atoms with Gasteiger partial charge in [0.25, 0.3) is 0 Å². The molecule has 0 unspecified atom stereocenters. The van der Waals surface area contributed by atoms with Crippen LogP contribution in [0, 0.1) is 5.82 Å². The quantitative estimate of drug-likeness (QED) is 0.886. The molecule has 26 heavy (non-hydrogen) atoms. The van der Waals surface area contributed by atoms with Gasteiger partial charge < -0.3 is 15.1 Å². The van der Waals surface area contributed by atoms with E-state index in [2.05, 4.69) is 10.2 Å². The normalized spacial score (nSPS) is 19.7. The number of carbonyl (C=O) groups is 2. The highest BCUT2D eigenvalue weighted by Crippen LogP contribution is 2.15. The SMILES string of the molecule is CCN1CCN(C(=O)NC2CCN(Cc3ccc(F)cc3)CC2)CC1=O. The molecule has 1 N–H and O–H groups in total. The Labute approximate surface area is 153 Å². The van der Waals surface area contributed by atoms with E-state index < -0.39 is 0 Å². The van der Waals surface area contributed by atoms with Gasteiger partial charge in [-0.25, -0.2) is 9.18 Å². The van der Waals surface area contributed by atoms with Crippen LogP contribution in [0.5, 0.6) is 0 Å². The molecule has 3 rings (SSSR count). The summed E-state index contributed by atoms with van der Waals surface area (Å²) in [6.07, 6.45) is 1.77. The number of nitrogens with zero attached hydrogens (tertiary/aromatic N) is 3. The van der Waals surface area contributed by atoms with Gasteiger partial charge in [-0.15, -0.1) is 0 Å². The predicted molar refractivity (Wildman–Crippen MR) is 97.1 cm³/mol. The summed E-state index contributed by atoms with van der Waals surface area (Å²) in [6.45, 7) is 6.61. The molecule has 2 heterocycles. The maximum absolute atomic E-state index is 13.0. The zero-order valence-electron chi connectivity index (χ0n) is 15.3. The molecule has 0 aromatic heterocycles. The van der Waals surface area contributed by atoms with E-state index in [0.717, 1.165) is 38.0 Å². The summed E-state index contributed by atoms with van der Waals surface area (Å²) in [5.41, 5.74) is 1.10. The van der Waals surface area contributed by atoms with E-state index in [-0.39, 0.29) is 30.3 Å². The molecule has 0 spiro atoms. The van der Waals surface area contributed by atoms with E-state index in [4.69, 9.17) is 0 Å². The van der Waals surface area contributed by atoms with Crippen molar-refractivity contribution in [3.63, 3.8) is 0 Å². The lowest BCUT2D eigenvalue weighted by atomic mass is 10.0. The lowest BCUT2D eigenvalue weighted by Crippen LogP contribution is -2.56. The first kappa shape index (κ1) is 18.6. The van der Waals surface area contributed by atoms with Crippen LogP contribution in [0.2, 0.25) is 0 Å². The zero-order valence-corrected chi connectivity index (χ0v) is 15.3. The molecule has 7 heteroatoms. The fourth-order valence-corrected chi connectivity index (χ4v) is 3.57. The van der Waals surface area contributed by atoms with Gasteiger partial charge in [0.05, 0.1) is 0 Å². The molecule has 0 saturated carbocycles. The number of hydrogen-bond donors (Lipinski definition) is 1. The summed E-state index contributed by atoms with van der Waals surface area (Å²) >= 11 is 0. The minimum atomic E-state index is -0.214. The Balaban J connectivity index is 1.41. The van der Waals surface area contributed by atoms with Crippen molar-refractivity contribution in [2.75, 3.05) is 39.3 Å². The van der Waals surface area contributed by atoms with Crippen molar-refractivity contribution >= 4 is 11.9 Å². The maximum Gasteiger partial charge on any atom is 0.318 e. The van der Waals surface area contributed by atoms with Gasteiger partial charge in [0.1, 0.15) is 12.4 Å². The van der Waals surface area contributed by atoms with Crippen molar-refractivity contribution in [2.45, 2.75) is 32.4 Å². The number of nitrogens with one attached hydrogen (secondary N) is 1. The van der Waals surface area contributed by atoms with Gasteiger partial charge in [-0.3, -0.25) is 9.69 Å². The van der Waals surface area contributed by atoms with Crippen molar-refractivity contribution in [2.24, 2.45) is 0 Å². The summed E-state index contributed by atoms with van der Waals surface area (Å²) < 4.78 is 13.0. The molecule has 0 aliphatic carbocycles. The molecular formula is C19H27FN4O2. The first-order chi connectivity index (χ1) is 12.5. The van der Waals surface area contributed by atoms with Gasteiger partial charge in [-0.1, -0.05) is 12.1 Å². The van der Waals surface area contributed by atoms with Crippen LogP contribution in [-0.4, -0.2) is 71.9 Å². The molecule has 1 aromatic rings. The fourth-order valence-electron chi connectivity index (χ4n) is 3.57. The average molecular weight is 362 g/mol. The molecule has 2 aliphatic rings. The van der Waals surface area contributed by atoms with Crippen molar-refractivity contribution in [1.29, 1.82) is 0 Å². The largest absolute Gasteiger partial charge is 0.340 e. The summed E-state index contributed by atoms with van der Waals surface area (Å²) in [4.78, 5) is 30.1.